The van der Waals surface area contributed by atoms with Crippen LogP contribution in [0.25, 0.3) is 0 Å². The highest BCUT2D eigenvalue weighted by molar-refractivity contribution is 7.87. The fourth-order valence-electron chi connectivity index (χ4n) is 1.05. The van der Waals surface area contributed by atoms with E-state index in [-0.39, 0.29) is 11.8 Å². The molecular formula is C8H20N4O3S. The van der Waals surface area contributed by atoms with E-state index >= 15 is 0 Å². The number of nitrogens with two attached hydrogens (primary N) is 1. The van der Waals surface area contributed by atoms with Gasteiger partial charge in [-0.15, -0.1) is 0 Å². The average molecular weight is 252 g/mol. The molecule has 5 N–H and O–H groups in total. The largest absolute Gasteiger partial charge is 0.409 e. The summed E-state index contributed by atoms with van der Waals surface area (Å²) in [5.41, 5.74) is 5.40. The molecule has 0 bridgehead atoms. The summed E-state index contributed by atoms with van der Waals surface area (Å²) >= 11 is 0. The first-order chi connectivity index (χ1) is 7.34. The molecule has 16 heavy (non-hydrogen) atoms. The Morgan fingerprint density at radius 2 is 2.06 bits per heavy atom. The molecule has 0 aliphatic rings. The second-order valence-electron chi connectivity index (χ2n) is 3.76. The third kappa shape index (κ3) is 5.29. The zero-order valence-electron chi connectivity index (χ0n) is 9.77. The minimum Gasteiger partial charge on any atom is -0.409 e. The van der Waals surface area contributed by atoms with Gasteiger partial charge in [-0.3, -0.25) is 0 Å². The Morgan fingerprint density at radius 1 is 1.50 bits per heavy atom. The number of nitrogens with one attached hydrogen (secondary N) is 2. The van der Waals surface area contributed by atoms with Crippen LogP contribution in [-0.4, -0.2) is 32.0 Å². The van der Waals surface area contributed by atoms with E-state index < -0.39 is 16.3 Å². The standard InChI is InChI=1S/C8H20N4O3S/c1-4-5-10-16(14,15)12-7(6(2)3)8(9)11-13/h6-7,10,12-13H,4-5H2,1-3H3,(H2,9,11). The van der Waals surface area contributed by atoms with Crippen LogP contribution in [-0.2, 0) is 10.2 Å². The van der Waals surface area contributed by atoms with E-state index in [0.717, 1.165) is 0 Å². The summed E-state index contributed by atoms with van der Waals surface area (Å²) in [5, 5.41) is 11.3. The van der Waals surface area contributed by atoms with Gasteiger partial charge in [0, 0.05) is 6.54 Å². The molecule has 0 heterocycles. The van der Waals surface area contributed by atoms with Gasteiger partial charge < -0.3 is 10.9 Å². The van der Waals surface area contributed by atoms with Crippen LogP contribution in [0.4, 0.5) is 0 Å². The van der Waals surface area contributed by atoms with Gasteiger partial charge in [0.25, 0.3) is 10.2 Å². The zero-order valence-corrected chi connectivity index (χ0v) is 10.6. The molecule has 0 amide bonds. The van der Waals surface area contributed by atoms with Crippen molar-refractivity contribution >= 4 is 16.0 Å². The lowest BCUT2D eigenvalue weighted by Gasteiger charge is -2.20. The highest BCUT2D eigenvalue weighted by atomic mass is 32.2. The molecule has 0 spiro atoms. The molecule has 8 heteroatoms. The minimum absolute atomic E-state index is 0.117. The van der Waals surface area contributed by atoms with Crippen LogP contribution < -0.4 is 15.2 Å². The van der Waals surface area contributed by atoms with Crippen molar-refractivity contribution in [2.75, 3.05) is 6.54 Å². The van der Waals surface area contributed by atoms with E-state index in [4.69, 9.17) is 10.9 Å². The Bertz CT molecular complexity index is 326. The van der Waals surface area contributed by atoms with Crippen molar-refractivity contribution in [3.05, 3.63) is 0 Å². The Morgan fingerprint density at radius 3 is 2.44 bits per heavy atom. The fourth-order valence-corrected chi connectivity index (χ4v) is 2.33. The highest BCUT2D eigenvalue weighted by Gasteiger charge is 2.23. The second kappa shape index (κ2) is 6.66. The summed E-state index contributed by atoms with van der Waals surface area (Å²) < 4.78 is 27.7. The topological polar surface area (TPSA) is 117 Å². The van der Waals surface area contributed by atoms with Gasteiger partial charge in [0.15, 0.2) is 5.84 Å². The van der Waals surface area contributed by atoms with Gasteiger partial charge in [0.1, 0.15) is 0 Å². The summed E-state index contributed by atoms with van der Waals surface area (Å²) in [6, 6.07) is -0.723. The Hall–Kier alpha value is -0.860. The maximum absolute atomic E-state index is 11.5. The summed E-state index contributed by atoms with van der Waals surface area (Å²) in [6.45, 7) is 5.73. The van der Waals surface area contributed by atoms with Crippen LogP contribution in [0.1, 0.15) is 27.2 Å². The van der Waals surface area contributed by atoms with E-state index in [1.165, 1.54) is 0 Å². The quantitative estimate of drug-likeness (QED) is 0.213. The molecule has 0 saturated heterocycles. The molecule has 96 valence electrons. The number of rotatable bonds is 7. The first-order valence-electron chi connectivity index (χ1n) is 5.08. The van der Waals surface area contributed by atoms with Gasteiger partial charge in [-0.25, -0.2) is 4.72 Å². The van der Waals surface area contributed by atoms with Crippen molar-refractivity contribution in [1.29, 1.82) is 0 Å². The first-order valence-corrected chi connectivity index (χ1v) is 6.56. The molecule has 0 aliphatic heterocycles. The maximum atomic E-state index is 11.5. The Kier molecular flexibility index (Phi) is 6.31. The molecule has 0 aromatic heterocycles. The number of oxime groups is 1. The van der Waals surface area contributed by atoms with Gasteiger partial charge in [-0.05, 0) is 12.3 Å². The molecule has 0 saturated carbocycles. The monoisotopic (exact) mass is 252 g/mol. The summed E-state index contributed by atoms with van der Waals surface area (Å²) in [7, 11) is -3.62. The predicted molar refractivity (Wildman–Crippen MR) is 62.4 cm³/mol. The number of nitrogens with zero attached hydrogens (tertiary/aromatic N) is 1. The van der Waals surface area contributed by atoms with Crippen molar-refractivity contribution in [3.8, 4) is 0 Å². The number of hydrogen-bond acceptors (Lipinski definition) is 4. The zero-order chi connectivity index (χ0) is 12.8. The van der Waals surface area contributed by atoms with Gasteiger partial charge in [-0.1, -0.05) is 25.9 Å². The van der Waals surface area contributed by atoms with Crippen molar-refractivity contribution in [1.82, 2.24) is 9.44 Å². The summed E-state index contributed by atoms with van der Waals surface area (Å²) in [4.78, 5) is 0. The van der Waals surface area contributed by atoms with Crippen molar-refractivity contribution in [3.63, 3.8) is 0 Å². The van der Waals surface area contributed by atoms with Gasteiger partial charge in [-0.2, -0.15) is 13.1 Å². The lowest BCUT2D eigenvalue weighted by atomic mass is 10.1. The molecule has 0 aliphatic carbocycles. The highest BCUT2D eigenvalue weighted by Crippen LogP contribution is 2.02. The summed E-state index contributed by atoms with van der Waals surface area (Å²) in [5.74, 6) is -0.272. The molecule has 1 unspecified atom stereocenters. The predicted octanol–water partition coefficient (Wildman–Crippen LogP) is -0.409. The van der Waals surface area contributed by atoms with Crippen LogP contribution in [0.15, 0.2) is 5.16 Å². The lowest BCUT2D eigenvalue weighted by molar-refractivity contribution is 0.313. The second-order valence-corrected chi connectivity index (χ2v) is 5.29. The van der Waals surface area contributed by atoms with E-state index in [1.807, 2.05) is 6.92 Å². The summed E-state index contributed by atoms with van der Waals surface area (Å²) in [6.07, 6.45) is 0.691. The minimum atomic E-state index is -3.62. The van der Waals surface area contributed by atoms with E-state index in [2.05, 4.69) is 14.6 Å². The number of amidine groups is 1. The van der Waals surface area contributed by atoms with Crippen LogP contribution in [0, 0.1) is 5.92 Å². The fraction of sp³-hybridized carbons (Fsp3) is 0.875. The SMILES string of the molecule is CCCNS(=O)(=O)NC(C(N)=NO)C(C)C. The molecule has 0 aromatic carbocycles. The first kappa shape index (κ1) is 15.1. The van der Waals surface area contributed by atoms with Crippen LogP contribution >= 0.6 is 0 Å². The van der Waals surface area contributed by atoms with Crippen LogP contribution in [0.3, 0.4) is 0 Å². The van der Waals surface area contributed by atoms with Crippen molar-refractivity contribution < 1.29 is 13.6 Å². The normalized spacial score (nSPS) is 15.4. The van der Waals surface area contributed by atoms with Crippen molar-refractivity contribution in [2.45, 2.75) is 33.2 Å². The van der Waals surface area contributed by atoms with Gasteiger partial charge >= 0.3 is 0 Å². The lowest BCUT2D eigenvalue weighted by Crippen LogP contribution is -2.51. The van der Waals surface area contributed by atoms with E-state index in [9.17, 15) is 8.42 Å². The maximum Gasteiger partial charge on any atom is 0.277 e. The molecule has 7 nitrogen and oxygen atoms in total. The molecule has 0 aromatic rings. The van der Waals surface area contributed by atoms with E-state index in [0.29, 0.717) is 13.0 Å². The molecule has 0 radical (unpaired) electrons. The average Bonchev–Trinajstić information content (AvgIpc) is 2.22. The molecule has 1 atom stereocenters. The van der Waals surface area contributed by atoms with Crippen LogP contribution in [0.5, 0.6) is 0 Å². The molecular weight excluding hydrogens is 232 g/mol. The third-order valence-corrected chi connectivity index (χ3v) is 3.07. The smallest absolute Gasteiger partial charge is 0.277 e. The molecule has 0 rings (SSSR count). The number of hydrogen-bond donors (Lipinski definition) is 4. The third-order valence-electron chi connectivity index (χ3n) is 1.92. The van der Waals surface area contributed by atoms with Gasteiger partial charge in [0.2, 0.25) is 0 Å². The van der Waals surface area contributed by atoms with E-state index in [1.54, 1.807) is 13.8 Å². The van der Waals surface area contributed by atoms with Gasteiger partial charge in [0.05, 0.1) is 6.04 Å². The van der Waals surface area contributed by atoms with Crippen LogP contribution in [0.2, 0.25) is 0 Å². The Balaban J connectivity index is 4.64. The Labute approximate surface area is 96.3 Å². The van der Waals surface area contributed by atoms with Crippen molar-refractivity contribution in [2.24, 2.45) is 16.8 Å². The molecule has 0 fully saturated rings.